The number of hydrogen-bond donors (Lipinski definition) is 2. The van der Waals surface area contributed by atoms with Gasteiger partial charge in [0.15, 0.2) is 5.75 Å². The Labute approximate surface area is 175 Å². The highest BCUT2D eigenvalue weighted by molar-refractivity contribution is 5.98. The van der Waals surface area contributed by atoms with Gasteiger partial charge in [0.05, 0.1) is 12.3 Å². The van der Waals surface area contributed by atoms with Gasteiger partial charge in [-0.2, -0.15) is 8.78 Å². The molecule has 1 aromatic rings. The van der Waals surface area contributed by atoms with Gasteiger partial charge in [-0.15, -0.1) is 0 Å². The van der Waals surface area contributed by atoms with Gasteiger partial charge >= 0.3 is 6.61 Å². The number of carbonyl (C=O) groups is 2. The number of amides is 2. The average Bonchev–Trinajstić information content (AvgIpc) is 2.62. The van der Waals surface area contributed by atoms with E-state index in [1.54, 1.807) is 13.1 Å². The summed E-state index contributed by atoms with van der Waals surface area (Å²) in [5, 5.41) is 2.63. The molecule has 1 atom stereocenters. The molecule has 30 heavy (non-hydrogen) atoms. The molecule has 8 nitrogen and oxygen atoms in total. The lowest BCUT2D eigenvalue weighted by molar-refractivity contribution is -0.125. The Balaban J connectivity index is 2.24. The highest BCUT2D eigenvalue weighted by Gasteiger charge is 2.27. The van der Waals surface area contributed by atoms with Gasteiger partial charge in [0.2, 0.25) is 5.91 Å². The van der Waals surface area contributed by atoms with Gasteiger partial charge in [-0.25, -0.2) is 0 Å². The van der Waals surface area contributed by atoms with Crippen LogP contribution in [0.15, 0.2) is 18.2 Å². The van der Waals surface area contributed by atoms with Gasteiger partial charge in [-0.05, 0) is 24.6 Å². The van der Waals surface area contributed by atoms with Crippen molar-refractivity contribution in [2.24, 2.45) is 11.1 Å². The predicted octanol–water partition coefficient (Wildman–Crippen LogP) is 1.89. The molecule has 0 unspecified atom stereocenters. The van der Waals surface area contributed by atoms with Gasteiger partial charge < -0.3 is 25.4 Å². The number of alkyl halides is 2. The first-order chi connectivity index (χ1) is 14.0. The molecule has 0 bridgehead atoms. The van der Waals surface area contributed by atoms with Crippen LogP contribution in [0.5, 0.6) is 5.75 Å². The van der Waals surface area contributed by atoms with Crippen LogP contribution in [0, 0.1) is 5.41 Å². The van der Waals surface area contributed by atoms with E-state index in [0.29, 0.717) is 25.4 Å². The summed E-state index contributed by atoms with van der Waals surface area (Å²) in [5.74, 6) is -0.948. The van der Waals surface area contributed by atoms with Crippen molar-refractivity contribution >= 4 is 23.2 Å². The van der Waals surface area contributed by atoms with E-state index in [0.717, 1.165) is 0 Å². The molecule has 0 aliphatic carbocycles. The highest BCUT2D eigenvalue weighted by atomic mass is 19.3. The van der Waals surface area contributed by atoms with Crippen molar-refractivity contribution in [2.45, 2.75) is 33.4 Å². The van der Waals surface area contributed by atoms with Crippen LogP contribution in [-0.2, 0) is 14.3 Å². The van der Waals surface area contributed by atoms with Crippen molar-refractivity contribution < 1.29 is 27.8 Å². The third-order valence-corrected chi connectivity index (χ3v) is 4.52. The topological polar surface area (TPSA) is 97.1 Å². The molecule has 0 radical (unpaired) electrons. The largest absolute Gasteiger partial charge is 0.433 e. The monoisotopic (exact) mass is 428 g/mol. The van der Waals surface area contributed by atoms with E-state index >= 15 is 0 Å². The number of nitrogens with two attached hydrogens (primary N) is 1. The van der Waals surface area contributed by atoms with E-state index in [-0.39, 0.29) is 35.9 Å². The quantitative estimate of drug-likeness (QED) is 0.657. The van der Waals surface area contributed by atoms with Gasteiger partial charge in [0, 0.05) is 31.4 Å². The summed E-state index contributed by atoms with van der Waals surface area (Å²) < 4.78 is 35.6. The maximum Gasteiger partial charge on any atom is 0.387 e. The van der Waals surface area contributed by atoms with E-state index in [2.05, 4.69) is 10.1 Å². The second-order valence-corrected chi connectivity index (χ2v) is 8.37. The molecule has 1 aromatic carbocycles. The second kappa shape index (κ2) is 10.1. The number of hydrogen-bond acceptors (Lipinski definition) is 6. The van der Waals surface area contributed by atoms with Crippen LogP contribution < -0.4 is 20.7 Å². The number of halogens is 2. The highest BCUT2D eigenvalue weighted by Crippen LogP contribution is 2.32. The molecule has 1 aliphatic rings. The number of carbonyl (C=O) groups excluding carboxylic acids is 2. The molecule has 0 spiro atoms. The summed E-state index contributed by atoms with van der Waals surface area (Å²) >= 11 is 0. The molecule has 1 saturated heterocycles. The molecule has 1 fully saturated rings. The fourth-order valence-corrected chi connectivity index (χ4v) is 3.33. The fraction of sp³-hybridized carbons (Fsp3) is 0.600. The van der Waals surface area contributed by atoms with Crippen LogP contribution >= 0.6 is 0 Å². The summed E-state index contributed by atoms with van der Waals surface area (Å²) in [5.41, 5.74) is 6.20. The normalized spacial score (nSPS) is 16.2. The summed E-state index contributed by atoms with van der Waals surface area (Å²) in [4.78, 5) is 28.1. The zero-order chi connectivity index (χ0) is 22.5. The van der Waals surface area contributed by atoms with E-state index in [4.69, 9.17) is 10.5 Å². The van der Waals surface area contributed by atoms with E-state index < -0.39 is 18.6 Å². The number of benzene rings is 1. The Kier molecular flexibility index (Phi) is 8.10. The Morgan fingerprint density at radius 1 is 1.40 bits per heavy atom. The van der Waals surface area contributed by atoms with Crippen LogP contribution in [0.25, 0.3) is 0 Å². The molecular formula is C20H30F2N4O4. The zero-order valence-electron chi connectivity index (χ0n) is 17.8. The lowest BCUT2D eigenvalue weighted by Gasteiger charge is -2.32. The van der Waals surface area contributed by atoms with Crippen molar-refractivity contribution in [3.8, 4) is 5.75 Å². The number of anilines is 2. The summed E-state index contributed by atoms with van der Waals surface area (Å²) in [6.45, 7) is 4.25. The lowest BCUT2D eigenvalue weighted by Crippen LogP contribution is -2.49. The molecule has 168 valence electrons. The molecule has 0 saturated carbocycles. The van der Waals surface area contributed by atoms with Crippen molar-refractivity contribution in [3.63, 3.8) is 0 Å². The van der Waals surface area contributed by atoms with E-state index in [1.807, 2.05) is 25.7 Å². The second-order valence-electron chi connectivity index (χ2n) is 8.37. The summed E-state index contributed by atoms with van der Waals surface area (Å²) in [6, 6.07) is 3.66. The molecule has 3 N–H and O–H groups in total. The molecule has 2 amide bonds. The number of morpholine rings is 1. The van der Waals surface area contributed by atoms with Crippen LogP contribution in [0.3, 0.4) is 0 Å². The Morgan fingerprint density at radius 3 is 2.67 bits per heavy atom. The van der Waals surface area contributed by atoms with Crippen LogP contribution in [0.2, 0.25) is 0 Å². The minimum absolute atomic E-state index is 0.0568. The van der Waals surface area contributed by atoms with Gasteiger partial charge in [0.1, 0.15) is 12.6 Å². The molecule has 10 heteroatoms. The Hall–Kier alpha value is -2.30. The first-order valence-electron chi connectivity index (χ1n) is 9.70. The first kappa shape index (κ1) is 24.0. The van der Waals surface area contributed by atoms with Gasteiger partial charge in [-0.1, -0.05) is 20.8 Å². The van der Waals surface area contributed by atoms with Crippen molar-refractivity contribution in [1.82, 2.24) is 4.90 Å². The minimum atomic E-state index is -3.09. The Morgan fingerprint density at radius 2 is 2.10 bits per heavy atom. The first-order valence-corrected chi connectivity index (χ1v) is 9.70. The van der Waals surface area contributed by atoms with Crippen molar-refractivity contribution in [3.05, 3.63) is 18.2 Å². The van der Waals surface area contributed by atoms with Crippen molar-refractivity contribution in [1.29, 1.82) is 0 Å². The standard InChI is InChI=1S/C20H30F2N4O4/c1-20(2,3)12-25(4)15(10-23)18(28)24-14-6-5-13(9-16(14)30-19(21)22)26-7-8-29-11-17(26)27/h5-6,9,15,19H,7-8,10-12,23H2,1-4H3,(H,24,28)/t15-/m0/s1. The van der Waals surface area contributed by atoms with Gasteiger partial charge in [-0.3, -0.25) is 14.5 Å². The average molecular weight is 428 g/mol. The molecule has 0 aromatic heterocycles. The Bertz CT molecular complexity index is 755. The zero-order valence-corrected chi connectivity index (χ0v) is 17.8. The third-order valence-electron chi connectivity index (χ3n) is 4.52. The third kappa shape index (κ3) is 6.61. The molecular weight excluding hydrogens is 398 g/mol. The summed E-state index contributed by atoms with van der Waals surface area (Å²) in [7, 11) is 1.78. The van der Waals surface area contributed by atoms with E-state index in [1.165, 1.54) is 17.0 Å². The fourth-order valence-electron chi connectivity index (χ4n) is 3.33. The van der Waals surface area contributed by atoms with E-state index in [9.17, 15) is 18.4 Å². The SMILES string of the molecule is CN(CC(C)(C)C)[C@@H](CN)C(=O)Nc1ccc(N2CCOCC2=O)cc1OC(F)F. The maximum atomic E-state index is 13.0. The molecule has 1 heterocycles. The van der Waals surface area contributed by atoms with Gasteiger partial charge in [0.25, 0.3) is 5.91 Å². The number of ether oxygens (including phenoxy) is 2. The minimum Gasteiger partial charge on any atom is -0.433 e. The number of nitrogens with one attached hydrogen (secondary N) is 1. The predicted molar refractivity (Wildman–Crippen MR) is 110 cm³/mol. The molecule has 2 rings (SSSR count). The van der Waals surface area contributed by atoms with Crippen LogP contribution in [-0.4, -0.2) is 69.3 Å². The van der Waals surface area contributed by atoms with Crippen molar-refractivity contribution in [2.75, 3.05) is 50.1 Å². The number of nitrogens with zero attached hydrogens (tertiary/aromatic N) is 2. The maximum absolute atomic E-state index is 13.0. The summed E-state index contributed by atoms with van der Waals surface area (Å²) in [6.07, 6.45) is 0. The lowest BCUT2D eigenvalue weighted by atomic mass is 9.95. The van der Waals surface area contributed by atoms with Crippen LogP contribution in [0.1, 0.15) is 20.8 Å². The molecule has 1 aliphatic heterocycles. The van der Waals surface area contributed by atoms with Crippen LogP contribution in [0.4, 0.5) is 20.2 Å². The smallest absolute Gasteiger partial charge is 0.387 e. The number of likely N-dealkylation sites (N-methyl/N-ethyl adjacent to an activating group) is 1. The number of rotatable bonds is 8.